The lowest BCUT2D eigenvalue weighted by atomic mass is 10.0. The summed E-state index contributed by atoms with van der Waals surface area (Å²) in [5.41, 5.74) is 2.20. The summed E-state index contributed by atoms with van der Waals surface area (Å²) in [5.74, 6) is -1.55. The van der Waals surface area contributed by atoms with Gasteiger partial charge in [0.15, 0.2) is 0 Å². The van der Waals surface area contributed by atoms with E-state index in [0.29, 0.717) is 5.56 Å². The largest absolute Gasteiger partial charge is 0.352 e. The third-order valence-electron chi connectivity index (χ3n) is 7.03. The van der Waals surface area contributed by atoms with Crippen LogP contribution in [0, 0.1) is 12.7 Å². The van der Waals surface area contributed by atoms with Gasteiger partial charge in [-0.3, -0.25) is 13.9 Å². The first-order chi connectivity index (χ1) is 21.3. The van der Waals surface area contributed by atoms with E-state index in [4.69, 9.17) is 23.2 Å². The Morgan fingerprint density at radius 2 is 1.51 bits per heavy atom. The summed E-state index contributed by atoms with van der Waals surface area (Å²) >= 11 is 12.8. The number of anilines is 1. The Morgan fingerprint density at radius 3 is 2.13 bits per heavy atom. The maximum absolute atomic E-state index is 14.4. The number of hydrogen-bond donors (Lipinski definition) is 1. The molecule has 0 aromatic heterocycles. The van der Waals surface area contributed by atoms with Gasteiger partial charge in [0.25, 0.3) is 10.0 Å². The van der Waals surface area contributed by atoms with Gasteiger partial charge >= 0.3 is 0 Å². The zero-order valence-corrected chi connectivity index (χ0v) is 27.4. The zero-order valence-electron chi connectivity index (χ0n) is 25.1. The summed E-state index contributed by atoms with van der Waals surface area (Å²) in [6, 6.07) is 24.0. The smallest absolute Gasteiger partial charge is 0.264 e. The molecule has 0 fully saturated rings. The van der Waals surface area contributed by atoms with Crippen molar-refractivity contribution < 1.29 is 22.4 Å². The van der Waals surface area contributed by atoms with Crippen LogP contribution in [0.15, 0.2) is 102 Å². The third kappa shape index (κ3) is 8.84. The first kappa shape index (κ1) is 34.0. The van der Waals surface area contributed by atoms with E-state index in [0.717, 1.165) is 15.4 Å². The molecule has 0 aliphatic heterocycles. The van der Waals surface area contributed by atoms with Crippen LogP contribution >= 0.6 is 23.2 Å². The molecule has 0 bridgehead atoms. The fraction of sp³-hybridized carbons (Fsp3) is 0.235. The van der Waals surface area contributed by atoms with Crippen LogP contribution in [-0.2, 0) is 32.6 Å². The predicted octanol–water partition coefficient (Wildman–Crippen LogP) is 6.80. The molecule has 1 atom stereocenters. The Balaban J connectivity index is 1.83. The van der Waals surface area contributed by atoms with E-state index >= 15 is 0 Å². The van der Waals surface area contributed by atoms with Crippen LogP contribution in [0.3, 0.4) is 0 Å². The van der Waals surface area contributed by atoms with Crippen LogP contribution in [0.5, 0.6) is 0 Å². The summed E-state index contributed by atoms with van der Waals surface area (Å²) in [6.07, 6.45) is 0.148. The number of benzene rings is 4. The van der Waals surface area contributed by atoms with Gasteiger partial charge in [0, 0.05) is 24.0 Å². The van der Waals surface area contributed by atoms with E-state index in [1.807, 2.05) is 37.3 Å². The Labute approximate surface area is 273 Å². The average Bonchev–Trinajstić information content (AvgIpc) is 3.00. The van der Waals surface area contributed by atoms with E-state index in [1.54, 1.807) is 26.0 Å². The average molecular weight is 671 g/mol. The molecule has 0 spiro atoms. The number of aryl methyl sites for hydroxylation is 1. The fourth-order valence-electron chi connectivity index (χ4n) is 4.75. The van der Waals surface area contributed by atoms with Crippen molar-refractivity contribution in [2.75, 3.05) is 10.8 Å². The number of halogens is 3. The van der Waals surface area contributed by atoms with Gasteiger partial charge in [0.1, 0.15) is 18.4 Å². The van der Waals surface area contributed by atoms with E-state index in [-0.39, 0.29) is 39.6 Å². The van der Waals surface area contributed by atoms with E-state index in [2.05, 4.69) is 5.32 Å². The SMILES string of the molecule is Cc1ccc(S(=O)(=O)N(CC(=O)N(Cc2ccc(F)cc2)[C@H](Cc2ccccc2)C(=O)NC(C)C)c2cc(Cl)ccc2Cl)cc1. The minimum atomic E-state index is -4.35. The molecule has 7 nitrogen and oxygen atoms in total. The van der Waals surface area contributed by atoms with Crippen molar-refractivity contribution in [3.05, 3.63) is 130 Å². The second kappa shape index (κ2) is 14.9. The van der Waals surface area contributed by atoms with Crippen LogP contribution in [0.4, 0.5) is 10.1 Å². The molecule has 0 radical (unpaired) electrons. The highest BCUT2D eigenvalue weighted by Gasteiger charge is 2.35. The van der Waals surface area contributed by atoms with Crippen LogP contribution in [0.25, 0.3) is 0 Å². The van der Waals surface area contributed by atoms with Crippen LogP contribution < -0.4 is 9.62 Å². The molecule has 2 amide bonds. The minimum Gasteiger partial charge on any atom is -0.352 e. The van der Waals surface area contributed by atoms with Gasteiger partial charge < -0.3 is 10.2 Å². The number of carbonyl (C=O) groups is 2. The Kier molecular flexibility index (Phi) is 11.3. The molecular formula is C34H34Cl2FN3O4S. The molecule has 45 heavy (non-hydrogen) atoms. The number of nitrogens with zero attached hydrogens (tertiary/aromatic N) is 2. The van der Waals surface area contributed by atoms with Gasteiger partial charge in [0.2, 0.25) is 11.8 Å². The quantitative estimate of drug-likeness (QED) is 0.180. The van der Waals surface area contributed by atoms with Gasteiger partial charge in [0.05, 0.1) is 15.6 Å². The van der Waals surface area contributed by atoms with Gasteiger partial charge in [-0.15, -0.1) is 0 Å². The van der Waals surface area contributed by atoms with E-state index in [1.165, 1.54) is 59.5 Å². The van der Waals surface area contributed by atoms with E-state index in [9.17, 15) is 22.4 Å². The predicted molar refractivity (Wildman–Crippen MR) is 176 cm³/mol. The van der Waals surface area contributed by atoms with Crippen molar-refractivity contribution in [3.8, 4) is 0 Å². The van der Waals surface area contributed by atoms with Crippen molar-refractivity contribution in [3.63, 3.8) is 0 Å². The second-order valence-corrected chi connectivity index (χ2v) is 13.6. The van der Waals surface area contributed by atoms with Gasteiger partial charge in [-0.2, -0.15) is 0 Å². The normalized spacial score (nSPS) is 12.1. The van der Waals surface area contributed by atoms with Crippen molar-refractivity contribution in [2.24, 2.45) is 0 Å². The number of carbonyl (C=O) groups excluding carboxylic acids is 2. The topological polar surface area (TPSA) is 86.8 Å². The van der Waals surface area contributed by atoms with Crippen LogP contribution in [-0.4, -0.2) is 43.8 Å². The zero-order chi connectivity index (χ0) is 32.7. The summed E-state index contributed by atoms with van der Waals surface area (Å²) in [4.78, 5) is 29.4. The van der Waals surface area contributed by atoms with Crippen molar-refractivity contribution in [1.29, 1.82) is 0 Å². The summed E-state index contributed by atoms with van der Waals surface area (Å²) in [5, 5.41) is 3.17. The minimum absolute atomic E-state index is 0.00562. The van der Waals surface area contributed by atoms with Gasteiger partial charge in [-0.25, -0.2) is 12.8 Å². The highest BCUT2D eigenvalue weighted by molar-refractivity contribution is 7.92. The molecule has 4 aromatic rings. The summed E-state index contributed by atoms with van der Waals surface area (Å²) < 4.78 is 43.0. The third-order valence-corrected chi connectivity index (χ3v) is 9.36. The first-order valence-electron chi connectivity index (χ1n) is 14.3. The molecule has 0 saturated carbocycles. The lowest BCUT2D eigenvalue weighted by Crippen LogP contribution is -2.54. The second-order valence-electron chi connectivity index (χ2n) is 10.9. The van der Waals surface area contributed by atoms with Crippen molar-refractivity contribution >= 4 is 50.7 Å². The number of rotatable bonds is 12. The van der Waals surface area contributed by atoms with Gasteiger partial charge in [-0.05, 0) is 74.4 Å². The van der Waals surface area contributed by atoms with Gasteiger partial charge in [-0.1, -0.05) is 83.4 Å². The highest BCUT2D eigenvalue weighted by Crippen LogP contribution is 2.33. The fourth-order valence-corrected chi connectivity index (χ4v) is 6.61. The van der Waals surface area contributed by atoms with Crippen molar-refractivity contribution in [2.45, 2.75) is 50.7 Å². The number of nitrogens with one attached hydrogen (secondary N) is 1. The number of hydrogen-bond acceptors (Lipinski definition) is 4. The molecule has 11 heteroatoms. The molecule has 0 unspecified atom stereocenters. The van der Waals surface area contributed by atoms with E-state index < -0.39 is 40.2 Å². The lowest BCUT2D eigenvalue weighted by Gasteiger charge is -2.34. The van der Waals surface area contributed by atoms with Crippen LogP contribution in [0.2, 0.25) is 10.0 Å². The molecular weight excluding hydrogens is 636 g/mol. The summed E-state index contributed by atoms with van der Waals surface area (Å²) in [7, 11) is -4.35. The molecule has 4 rings (SSSR count). The first-order valence-corrected chi connectivity index (χ1v) is 16.5. The molecule has 0 saturated heterocycles. The molecule has 0 aliphatic rings. The van der Waals surface area contributed by atoms with Crippen LogP contribution in [0.1, 0.15) is 30.5 Å². The Morgan fingerprint density at radius 1 is 0.867 bits per heavy atom. The van der Waals surface area contributed by atoms with Crippen molar-refractivity contribution in [1.82, 2.24) is 10.2 Å². The lowest BCUT2D eigenvalue weighted by molar-refractivity contribution is -0.140. The molecule has 1 N–H and O–H groups in total. The monoisotopic (exact) mass is 669 g/mol. The Hall–Kier alpha value is -3.92. The number of sulfonamides is 1. The molecule has 0 heterocycles. The molecule has 236 valence electrons. The molecule has 0 aliphatic carbocycles. The maximum Gasteiger partial charge on any atom is 0.264 e. The highest BCUT2D eigenvalue weighted by atomic mass is 35.5. The maximum atomic E-state index is 14.4. The summed E-state index contributed by atoms with van der Waals surface area (Å²) in [6.45, 7) is 4.65. The number of amides is 2. The molecule has 4 aromatic carbocycles. The standard InChI is InChI=1S/C34H34Cl2FN3O4S/c1-23(2)38-34(42)32(19-25-7-5-4-6-8-25)39(21-26-11-14-28(37)15-12-26)33(41)22-40(31-20-27(35)13-18-30(31)36)45(43,44)29-16-9-24(3)10-17-29/h4-18,20,23,32H,19,21-22H2,1-3H3,(H,38,42)/t32-/m1/s1. The Bertz CT molecular complexity index is 1740.